The predicted molar refractivity (Wildman–Crippen MR) is 105 cm³/mol. The molecule has 0 saturated carbocycles. The second kappa shape index (κ2) is 7.91. The minimum absolute atomic E-state index is 0.00922. The van der Waals surface area contributed by atoms with Crippen LogP contribution in [0.2, 0.25) is 0 Å². The molecule has 0 heterocycles. The number of phenolic OH excluding ortho intramolecular Hbond substituents is 1. The second-order valence-corrected chi connectivity index (χ2v) is 6.89. The number of rotatable bonds is 5. The van der Waals surface area contributed by atoms with Gasteiger partial charge in [-0.1, -0.05) is 48.5 Å². The standard InChI is InChI=1S/C23H19F2NO3/c24-21-11-14(27)12-22(25)19(21)9-10-26-23(28)29-13-20-17-7-3-1-5-15(17)16-6-2-4-8-18(16)20/h1-8,11-12,20,27H,9-10,13H2,(H,26,28). The van der Waals surface area contributed by atoms with Crippen molar-refractivity contribution < 1.29 is 23.4 Å². The van der Waals surface area contributed by atoms with E-state index < -0.39 is 23.5 Å². The fraction of sp³-hybridized carbons (Fsp3) is 0.174. The van der Waals surface area contributed by atoms with Gasteiger partial charge in [0.15, 0.2) is 0 Å². The molecule has 3 aromatic carbocycles. The Morgan fingerprint density at radius 3 is 2.10 bits per heavy atom. The van der Waals surface area contributed by atoms with Crippen LogP contribution < -0.4 is 5.32 Å². The smallest absolute Gasteiger partial charge is 0.407 e. The first kappa shape index (κ1) is 18.9. The van der Waals surface area contributed by atoms with Crippen LogP contribution in [0, 0.1) is 11.6 Å². The van der Waals surface area contributed by atoms with Crippen molar-refractivity contribution in [2.75, 3.05) is 13.2 Å². The zero-order valence-electron chi connectivity index (χ0n) is 15.5. The zero-order chi connectivity index (χ0) is 20.4. The van der Waals surface area contributed by atoms with Gasteiger partial charge in [-0.15, -0.1) is 0 Å². The molecular formula is C23H19F2NO3. The molecule has 0 fully saturated rings. The van der Waals surface area contributed by atoms with E-state index in [9.17, 15) is 18.7 Å². The lowest BCUT2D eigenvalue weighted by atomic mass is 9.98. The lowest BCUT2D eigenvalue weighted by Crippen LogP contribution is -2.28. The Labute approximate surface area is 166 Å². The average molecular weight is 395 g/mol. The van der Waals surface area contributed by atoms with E-state index in [2.05, 4.69) is 17.4 Å². The number of nitrogens with one attached hydrogen (secondary N) is 1. The highest BCUT2D eigenvalue weighted by Crippen LogP contribution is 2.44. The van der Waals surface area contributed by atoms with E-state index in [0.29, 0.717) is 0 Å². The van der Waals surface area contributed by atoms with Crippen LogP contribution in [0.15, 0.2) is 60.7 Å². The number of carbonyl (C=O) groups is 1. The molecule has 0 unspecified atom stereocenters. The number of ether oxygens (including phenoxy) is 1. The van der Waals surface area contributed by atoms with Gasteiger partial charge in [0, 0.05) is 30.2 Å². The van der Waals surface area contributed by atoms with E-state index in [0.717, 1.165) is 34.4 Å². The second-order valence-electron chi connectivity index (χ2n) is 6.89. The molecule has 148 valence electrons. The average Bonchev–Trinajstić information content (AvgIpc) is 3.02. The highest BCUT2D eigenvalue weighted by Gasteiger charge is 2.28. The largest absolute Gasteiger partial charge is 0.508 e. The van der Waals surface area contributed by atoms with Gasteiger partial charge in [0.05, 0.1) is 0 Å². The topological polar surface area (TPSA) is 58.6 Å². The number of carbonyl (C=O) groups excluding carboxylic acids is 1. The van der Waals surface area contributed by atoms with Crippen molar-refractivity contribution in [3.8, 4) is 16.9 Å². The molecule has 0 aromatic heterocycles. The van der Waals surface area contributed by atoms with Crippen molar-refractivity contribution in [1.29, 1.82) is 0 Å². The van der Waals surface area contributed by atoms with Crippen molar-refractivity contribution >= 4 is 6.09 Å². The van der Waals surface area contributed by atoms with Crippen LogP contribution in [-0.4, -0.2) is 24.4 Å². The minimum Gasteiger partial charge on any atom is -0.508 e. The van der Waals surface area contributed by atoms with Crippen LogP contribution in [0.25, 0.3) is 11.1 Å². The molecule has 6 heteroatoms. The molecule has 3 aromatic rings. The molecule has 1 aliphatic carbocycles. The number of phenols is 1. The molecule has 1 aliphatic rings. The summed E-state index contributed by atoms with van der Waals surface area (Å²) in [5.74, 6) is -2.23. The van der Waals surface area contributed by atoms with E-state index in [1.54, 1.807) is 0 Å². The first-order valence-corrected chi connectivity index (χ1v) is 9.30. The number of alkyl carbamates (subject to hydrolysis) is 1. The van der Waals surface area contributed by atoms with Gasteiger partial charge in [-0.2, -0.15) is 0 Å². The zero-order valence-corrected chi connectivity index (χ0v) is 15.5. The van der Waals surface area contributed by atoms with E-state index >= 15 is 0 Å². The van der Waals surface area contributed by atoms with Crippen LogP contribution in [0.5, 0.6) is 5.75 Å². The molecule has 4 rings (SSSR count). The molecule has 29 heavy (non-hydrogen) atoms. The normalized spacial score (nSPS) is 12.3. The summed E-state index contributed by atoms with van der Waals surface area (Å²) in [6.45, 7) is 0.178. The SMILES string of the molecule is O=C(NCCc1c(F)cc(O)cc1F)OCC1c2ccccc2-c2ccccc21. The van der Waals surface area contributed by atoms with E-state index in [4.69, 9.17) is 4.74 Å². The van der Waals surface area contributed by atoms with Gasteiger partial charge in [0.2, 0.25) is 0 Å². The maximum absolute atomic E-state index is 13.7. The Hall–Kier alpha value is -3.41. The highest BCUT2D eigenvalue weighted by atomic mass is 19.1. The van der Waals surface area contributed by atoms with Crippen molar-refractivity contribution in [2.24, 2.45) is 0 Å². The molecule has 2 N–H and O–H groups in total. The fourth-order valence-electron chi connectivity index (χ4n) is 3.77. The number of fused-ring (bicyclic) bond motifs is 3. The van der Waals surface area contributed by atoms with Crippen molar-refractivity contribution in [3.05, 3.63) is 89.0 Å². The quantitative estimate of drug-likeness (QED) is 0.655. The number of hydrogen-bond donors (Lipinski definition) is 2. The third-order valence-corrected chi connectivity index (χ3v) is 5.11. The number of amides is 1. The van der Waals surface area contributed by atoms with Gasteiger partial charge < -0.3 is 15.2 Å². The maximum atomic E-state index is 13.7. The first-order chi connectivity index (χ1) is 14.0. The molecule has 0 atom stereocenters. The monoisotopic (exact) mass is 395 g/mol. The number of benzene rings is 3. The number of hydrogen-bond acceptors (Lipinski definition) is 3. The molecule has 0 spiro atoms. The molecular weight excluding hydrogens is 376 g/mol. The third-order valence-electron chi connectivity index (χ3n) is 5.11. The summed E-state index contributed by atoms with van der Waals surface area (Å²) in [6, 6.07) is 17.7. The van der Waals surface area contributed by atoms with Gasteiger partial charge in [-0.25, -0.2) is 13.6 Å². The predicted octanol–water partition coefficient (Wildman–Crippen LogP) is 4.75. The molecule has 4 nitrogen and oxygen atoms in total. The fourth-order valence-corrected chi connectivity index (χ4v) is 3.77. The van der Waals surface area contributed by atoms with Crippen molar-refractivity contribution in [1.82, 2.24) is 5.32 Å². The molecule has 1 amide bonds. The Kier molecular flexibility index (Phi) is 5.16. The van der Waals surface area contributed by atoms with Crippen LogP contribution in [0.1, 0.15) is 22.6 Å². The Morgan fingerprint density at radius 1 is 0.966 bits per heavy atom. The summed E-state index contributed by atoms with van der Waals surface area (Å²) in [4.78, 5) is 12.1. The van der Waals surface area contributed by atoms with Gasteiger partial charge in [0.1, 0.15) is 24.0 Å². The molecule has 0 aliphatic heterocycles. The Morgan fingerprint density at radius 2 is 1.52 bits per heavy atom. The van der Waals surface area contributed by atoms with Crippen molar-refractivity contribution in [3.63, 3.8) is 0 Å². The summed E-state index contributed by atoms with van der Waals surface area (Å²) < 4.78 is 32.8. The van der Waals surface area contributed by atoms with E-state index in [-0.39, 0.29) is 31.1 Å². The lowest BCUT2D eigenvalue weighted by Gasteiger charge is -2.14. The van der Waals surface area contributed by atoms with Gasteiger partial charge in [-0.3, -0.25) is 0 Å². The van der Waals surface area contributed by atoms with E-state index in [1.165, 1.54) is 0 Å². The van der Waals surface area contributed by atoms with Crippen LogP contribution in [0.4, 0.5) is 13.6 Å². The highest BCUT2D eigenvalue weighted by molar-refractivity contribution is 5.79. The van der Waals surface area contributed by atoms with Crippen LogP contribution in [0.3, 0.4) is 0 Å². The summed E-state index contributed by atoms with van der Waals surface area (Å²) in [5, 5.41) is 11.7. The van der Waals surface area contributed by atoms with Gasteiger partial charge in [-0.05, 0) is 28.7 Å². The third kappa shape index (κ3) is 3.78. The Bertz CT molecular complexity index is 999. The van der Waals surface area contributed by atoms with Crippen LogP contribution in [-0.2, 0) is 11.2 Å². The minimum atomic E-state index is -0.850. The van der Waals surface area contributed by atoms with E-state index in [1.807, 2.05) is 36.4 Å². The maximum Gasteiger partial charge on any atom is 0.407 e. The lowest BCUT2D eigenvalue weighted by molar-refractivity contribution is 0.143. The van der Waals surface area contributed by atoms with Gasteiger partial charge >= 0.3 is 6.09 Å². The summed E-state index contributed by atoms with van der Waals surface area (Å²) in [5.41, 5.74) is 4.29. The van der Waals surface area contributed by atoms with Crippen molar-refractivity contribution in [2.45, 2.75) is 12.3 Å². The first-order valence-electron chi connectivity index (χ1n) is 9.30. The summed E-state index contributed by atoms with van der Waals surface area (Å²) >= 11 is 0. The summed E-state index contributed by atoms with van der Waals surface area (Å²) in [6.07, 6.45) is -0.700. The van der Waals surface area contributed by atoms with Gasteiger partial charge in [0.25, 0.3) is 0 Å². The molecule has 0 saturated heterocycles. The number of aromatic hydroxyl groups is 1. The molecule has 0 radical (unpaired) electrons. The number of halogens is 2. The molecule has 0 bridgehead atoms. The Balaban J connectivity index is 1.36. The summed E-state index contributed by atoms with van der Waals surface area (Å²) in [7, 11) is 0. The van der Waals surface area contributed by atoms with Crippen LogP contribution >= 0.6 is 0 Å².